The highest BCUT2D eigenvalue weighted by Crippen LogP contribution is 2.22. The summed E-state index contributed by atoms with van der Waals surface area (Å²) in [7, 11) is 3.34. The Balaban J connectivity index is 4.68. The predicted octanol–water partition coefficient (Wildman–Crippen LogP) is 0.624. The van der Waals surface area contributed by atoms with Crippen LogP contribution in [0.5, 0.6) is 0 Å². The molecule has 1 unspecified atom stereocenters. The Morgan fingerprint density at radius 3 is 2.00 bits per heavy atom. The van der Waals surface area contributed by atoms with Crippen molar-refractivity contribution in [2.45, 2.75) is 32.9 Å². The molecule has 5 nitrogen and oxygen atoms in total. The van der Waals surface area contributed by atoms with Crippen molar-refractivity contribution < 1.29 is 14.8 Å². The molecule has 0 aliphatic heterocycles. The molecule has 5 heteroatoms. The van der Waals surface area contributed by atoms with Crippen LogP contribution in [-0.4, -0.2) is 36.5 Å². The van der Waals surface area contributed by atoms with E-state index in [1.807, 2.05) is 20.8 Å². The second kappa shape index (κ2) is 4.88. The largest absolute Gasteiger partial charge is 0.322 e. The summed E-state index contributed by atoms with van der Waals surface area (Å²) in [6, 6.07) is 0. The number of ether oxygens (including phenoxy) is 1. The Kier molecular flexibility index (Phi) is 4.80. The van der Waals surface area contributed by atoms with Crippen molar-refractivity contribution in [2.75, 3.05) is 20.7 Å². The number of quaternary nitrogens is 1. The maximum Gasteiger partial charge on any atom is 0.267 e. The molecular weight excluding hydrogens is 170 g/mol. The molecule has 0 aromatic rings. The van der Waals surface area contributed by atoms with Crippen LogP contribution < -0.4 is 10.9 Å². The number of rotatable bonds is 6. The first-order valence-corrected chi connectivity index (χ1v) is 4.63. The molecule has 0 amide bonds. The van der Waals surface area contributed by atoms with Gasteiger partial charge in [-0.3, -0.25) is 0 Å². The fourth-order valence-corrected chi connectivity index (χ4v) is 1.32. The van der Waals surface area contributed by atoms with E-state index in [1.165, 1.54) is 0 Å². The van der Waals surface area contributed by atoms with E-state index in [1.54, 1.807) is 14.1 Å². The van der Waals surface area contributed by atoms with Crippen LogP contribution >= 0.6 is 0 Å². The molecule has 0 heterocycles. The molecule has 3 N–H and O–H groups in total. The molecule has 0 spiro atoms. The highest BCUT2D eigenvalue weighted by atomic mass is 16.7. The smallest absolute Gasteiger partial charge is 0.267 e. The van der Waals surface area contributed by atoms with Gasteiger partial charge in [0.25, 0.3) is 5.72 Å². The molecule has 0 rings (SSSR count). The lowest BCUT2D eigenvalue weighted by atomic mass is 10.2. The number of hydroxylamine groups is 1. The van der Waals surface area contributed by atoms with Gasteiger partial charge in [0.15, 0.2) is 0 Å². The lowest BCUT2D eigenvalue weighted by Gasteiger charge is -2.40. The molecule has 0 fully saturated rings. The van der Waals surface area contributed by atoms with E-state index in [-0.39, 0.29) is 0 Å². The van der Waals surface area contributed by atoms with Gasteiger partial charge >= 0.3 is 0 Å². The molecule has 0 radical (unpaired) electrons. The number of nitrogens with one attached hydrogen (secondary N) is 2. The van der Waals surface area contributed by atoms with E-state index in [0.717, 1.165) is 0 Å². The number of hydrogen-bond acceptors (Lipinski definition) is 4. The summed E-state index contributed by atoms with van der Waals surface area (Å²) in [5.41, 5.74) is 4.84. The summed E-state index contributed by atoms with van der Waals surface area (Å²) >= 11 is 0. The predicted molar refractivity (Wildman–Crippen MR) is 50.5 cm³/mol. The summed E-state index contributed by atoms with van der Waals surface area (Å²) in [5, 5.41) is 10.1. The molecule has 0 aliphatic rings. The summed E-state index contributed by atoms with van der Waals surface area (Å²) < 4.78 is 5.52. The summed E-state index contributed by atoms with van der Waals surface area (Å²) in [4.78, 5) is -0.503. The van der Waals surface area contributed by atoms with E-state index < -0.39 is 10.6 Å². The Morgan fingerprint density at radius 1 is 1.31 bits per heavy atom. The fraction of sp³-hybridized carbons (Fsp3) is 1.00. The molecule has 0 saturated carbocycles. The van der Waals surface area contributed by atoms with Gasteiger partial charge in [0.1, 0.15) is 0 Å². The van der Waals surface area contributed by atoms with Gasteiger partial charge in [-0.2, -0.15) is 5.21 Å². The van der Waals surface area contributed by atoms with Crippen LogP contribution in [0.4, 0.5) is 0 Å². The Bertz CT molecular complexity index is 150. The van der Waals surface area contributed by atoms with Crippen molar-refractivity contribution in [1.29, 1.82) is 0 Å². The van der Waals surface area contributed by atoms with Gasteiger partial charge < -0.3 is 4.74 Å². The zero-order valence-corrected chi connectivity index (χ0v) is 9.22. The Hall–Kier alpha value is -0.200. The van der Waals surface area contributed by atoms with Gasteiger partial charge in [0.2, 0.25) is 0 Å². The van der Waals surface area contributed by atoms with Crippen molar-refractivity contribution in [3.63, 3.8) is 0 Å². The summed E-state index contributed by atoms with van der Waals surface area (Å²) in [6.07, 6.45) is 0.693. The quantitative estimate of drug-likeness (QED) is 0.328. The van der Waals surface area contributed by atoms with Crippen molar-refractivity contribution in [3.05, 3.63) is 0 Å². The van der Waals surface area contributed by atoms with Gasteiger partial charge in [0, 0.05) is 27.4 Å². The Morgan fingerprint density at radius 2 is 1.77 bits per heavy atom. The number of nitrogens with zero attached hydrogens (tertiary/aromatic N) is 1. The molecule has 80 valence electrons. The third-order valence-corrected chi connectivity index (χ3v) is 2.44. The van der Waals surface area contributed by atoms with Crippen molar-refractivity contribution >= 4 is 0 Å². The monoisotopic (exact) mass is 192 g/mol. The van der Waals surface area contributed by atoms with Crippen LogP contribution in [0, 0.1) is 0 Å². The first kappa shape index (κ1) is 12.8. The summed E-state index contributed by atoms with van der Waals surface area (Å²) in [5.74, 6) is 0. The standard InChI is InChI=1S/C8H22N3O2/c1-6-8(3,13-7-2)11(12,9-4)10-5/h9-10,12H,6-7H2,1-5H3/q+1. The molecule has 0 aromatic carbocycles. The SMILES string of the molecule is CCOC(C)(CC)[N+](O)(NC)NC. The third-order valence-electron chi connectivity index (χ3n) is 2.44. The van der Waals surface area contributed by atoms with Crippen molar-refractivity contribution in [1.82, 2.24) is 10.9 Å². The number of hydrogen-bond donors (Lipinski definition) is 3. The highest BCUT2D eigenvalue weighted by molar-refractivity contribution is 4.57. The third kappa shape index (κ3) is 2.38. The second-order valence-electron chi connectivity index (χ2n) is 3.04. The van der Waals surface area contributed by atoms with E-state index in [4.69, 9.17) is 4.74 Å². The van der Waals surface area contributed by atoms with E-state index >= 15 is 0 Å². The van der Waals surface area contributed by atoms with Gasteiger partial charge in [-0.25, -0.2) is 0 Å². The zero-order valence-electron chi connectivity index (χ0n) is 9.22. The van der Waals surface area contributed by atoms with E-state index in [0.29, 0.717) is 13.0 Å². The molecule has 0 aromatic heterocycles. The van der Waals surface area contributed by atoms with Crippen LogP contribution in [0.2, 0.25) is 0 Å². The normalized spacial score (nSPS) is 17.1. The van der Waals surface area contributed by atoms with E-state index in [9.17, 15) is 5.21 Å². The summed E-state index contributed by atoms with van der Waals surface area (Å²) in [6.45, 7) is 6.29. The maximum absolute atomic E-state index is 10.1. The van der Waals surface area contributed by atoms with Gasteiger partial charge in [0.05, 0.1) is 6.61 Å². The first-order chi connectivity index (χ1) is 5.99. The first-order valence-electron chi connectivity index (χ1n) is 4.63. The fourth-order valence-electron chi connectivity index (χ4n) is 1.32. The molecule has 0 saturated heterocycles. The van der Waals surface area contributed by atoms with Crippen LogP contribution in [0.1, 0.15) is 27.2 Å². The van der Waals surface area contributed by atoms with Crippen LogP contribution in [0.25, 0.3) is 0 Å². The minimum absolute atomic E-state index is 0.503. The van der Waals surface area contributed by atoms with Crippen LogP contribution in [-0.2, 0) is 4.74 Å². The van der Waals surface area contributed by atoms with E-state index in [2.05, 4.69) is 10.9 Å². The van der Waals surface area contributed by atoms with Gasteiger partial charge in [-0.15, -0.1) is 10.9 Å². The molecule has 1 atom stereocenters. The molecular formula is C8H22N3O2+. The average molecular weight is 192 g/mol. The lowest BCUT2D eigenvalue weighted by molar-refractivity contribution is -1.21. The van der Waals surface area contributed by atoms with Crippen LogP contribution in [0.3, 0.4) is 0 Å². The van der Waals surface area contributed by atoms with Gasteiger partial charge in [-0.05, 0) is 11.8 Å². The van der Waals surface area contributed by atoms with Crippen LogP contribution in [0.15, 0.2) is 0 Å². The average Bonchev–Trinajstić information content (AvgIpc) is 2.16. The molecule has 0 aliphatic carbocycles. The van der Waals surface area contributed by atoms with Crippen molar-refractivity contribution in [3.8, 4) is 0 Å². The maximum atomic E-state index is 10.1. The highest BCUT2D eigenvalue weighted by Gasteiger charge is 2.47. The topological polar surface area (TPSA) is 53.5 Å². The molecule has 13 heavy (non-hydrogen) atoms. The minimum Gasteiger partial charge on any atom is -0.322 e. The zero-order chi connectivity index (χ0) is 10.5. The minimum atomic E-state index is -0.682. The Labute approximate surface area is 80.2 Å². The van der Waals surface area contributed by atoms with Crippen molar-refractivity contribution in [2.24, 2.45) is 0 Å². The van der Waals surface area contributed by atoms with Gasteiger partial charge in [-0.1, -0.05) is 6.92 Å². The molecule has 0 bridgehead atoms. The lowest BCUT2D eigenvalue weighted by Crippen LogP contribution is -2.73. The second-order valence-corrected chi connectivity index (χ2v) is 3.04.